The quantitative estimate of drug-likeness (QED) is 0.684. The molecule has 1 aromatic rings. The number of aromatic nitrogens is 1. The van der Waals surface area contributed by atoms with Gasteiger partial charge >= 0.3 is 0 Å². The number of rotatable bonds is 0. The number of hydrogen-bond acceptors (Lipinski definition) is 2. The molecule has 10 heavy (non-hydrogen) atoms. The van der Waals surface area contributed by atoms with Crippen molar-refractivity contribution in [1.29, 1.82) is 0 Å². The molecule has 0 saturated heterocycles. The van der Waals surface area contributed by atoms with E-state index < -0.39 is 0 Å². The molecule has 1 heterocycles. The topological polar surface area (TPSA) is 33.1 Å². The lowest BCUT2D eigenvalue weighted by Gasteiger charge is -1.98. The maximum Gasteiger partial charge on any atom is 0.171 e. The van der Waals surface area contributed by atoms with Crippen LogP contribution in [0.25, 0.3) is 0 Å². The van der Waals surface area contributed by atoms with E-state index in [9.17, 15) is 0 Å². The molecule has 0 saturated carbocycles. The molecule has 0 aliphatic rings. The number of hydrogen-bond donors (Lipinski definition) is 1. The fraction of sp³-hybridized carbons (Fsp3) is 0.167. The Morgan fingerprint density at radius 3 is 2.80 bits per heavy atom. The number of nitrogens with zero attached hydrogens (tertiary/aromatic N) is 1. The Hall–Kier alpha value is -0.280. The monoisotopic (exact) mass is 221 g/mol. The zero-order valence-electron chi connectivity index (χ0n) is 5.23. The third-order valence-corrected chi connectivity index (χ3v) is 2.17. The molecule has 0 fully saturated rings. The highest BCUT2D eigenvalue weighted by Gasteiger charge is 2.02. The highest BCUT2D eigenvalue weighted by Crippen LogP contribution is 2.26. The van der Waals surface area contributed by atoms with Crippen LogP contribution in [0.15, 0.2) is 10.5 Å². The molecule has 1 rings (SSSR count). The minimum atomic E-state index is -0.000795. The average Bonchev–Trinajstić information content (AvgIpc) is 1.84. The molecule has 54 valence electrons. The van der Waals surface area contributed by atoms with Gasteiger partial charge in [0.05, 0.1) is 5.69 Å². The van der Waals surface area contributed by atoms with Crippen molar-refractivity contribution in [3.8, 4) is 5.75 Å². The first-order valence-corrected chi connectivity index (χ1v) is 3.80. The summed E-state index contributed by atoms with van der Waals surface area (Å²) in [7, 11) is 0. The lowest BCUT2D eigenvalue weighted by Crippen LogP contribution is -1.83. The SMILES string of the molecule is Cc1nc(Cl)c(O)cc1Br. The molecule has 4 heteroatoms. The lowest BCUT2D eigenvalue weighted by atomic mass is 10.4. The summed E-state index contributed by atoms with van der Waals surface area (Å²) in [5, 5.41) is 9.14. The molecule has 0 aliphatic heterocycles. The van der Waals surface area contributed by atoms with Gasteiger partial charge in [-0.3, -0.25) is 0 Å². The summed E-state index contributed by atoms with van der Waals surface area (Å²) in [5.74, 6) is -0.000795. The van der Waals surface area contributed by atoms with Crippen molar-refractivity contribution in [2.24, 2.45) is 0 Å². The number of aromatic hydroxyl groups is 1. The lowest BCUT2D eigenvalue weighted by molar-refractivity contribution is 0.472. The van der Waals surface area contributed by atoms with Gasteiger partial charge in [-0.05, 0) is 28.9 Å². The van der Waals surface area contributed by atoms with Crippen molar-refractivity contribution >= 4 is 27.5 Å². The van der Waals surface area contributed by atoms with Gasteiger partial charge in [0.25, 0.3) is 0 Å². The predicted molar refractivity (Wildman–Crippen MR) is 43.3 cm³/mol. The molecule has 1 aromatic heterocycles. The average molecular weight is 222 g/mol. The molecule has 0 bridgehead atoms. The zero-order valence-corrected chi connectivity index (χ0v) is 7.57. The van der Waals surface area contributed by atoms with Crippen LogP contribution in [0.5, 0.6) is 5.75 Å². The molecule has 1 N–H and O–H groups in total. The van der Waals surface area contributed by atoms with E-state index in [-0.39, 0.29) is 10.9 Å². The Bertz CT molecular complexity index is 214. The summed E-state index contributed by atoms with van der Waals surface area (Å²) < 4.78 is 0.759. The van der Waals surface area contributed by atoms with Crippen LogP contribution >= 0.6 is 27.5 Å². The Labute approximate surface area is 72.0 Å². The van der Waals surface area contributed by atoms with Gasteiger partial charge in [-0.25, -0.2) is 4.98 Å². The van der Waals surface area contributed by atoms with Gasteiger partial charge in [-0.15, -0.1) is 0 Å². The molecule has 0 atom stereocenters. The first-order valence-electron chi connectivity index (χ1n) is 2.63. The Balaban J connectivity index is 3.28. The van der Waals surface area contributed by atoms with Gasteiger partial charge in [0.15, 0.2) is 10.9 Å². The van der Waals surface area contributed by atoms with Gasteiger partial charge in [-0.1, -0.05) is 11.6 Å². The van der Waals surface area contributed by atoms with Crippen LogP contribution in [0.1, 0.15) is 5.69 Å². The smallest absolute Gasteiger partial charge is 0.171 e. The second-order valence-corrected chi connectivity index (χ2v) is 3.08. The maximum absolute atomic E-state index is 9.00. The molecular weight excluding hydrogens is 217 g/mol. The van der Waals surface area contributed by atoms with Crippen LogP contribution in [0.2, 0.25) is 5.15 Å². The Kier molecular flexibility index (Phi) is 2.16. The second-order valence-electron chi connectivity index (χ2n) is 1.87. The summed E-state index contributed by atoms with van der Waals surface area (Å²) in [4.78, 5) is 3.84. The molecule has 0 radical (unpaired) electrons. The van der Waals surface area contributed by atoms with E-state index in [4.69, 9.17) is 16.7 Å². The maximum atomic E-state index is 9.00. The van der Waals surface area contributed by atoms with E-state index in [1.54, 1.807) is 6.92 Å². The van der Waals surface area contributed by atoms with Gasteiger partial charge in [0.2, 0.25) is 0 Å². The summed E-state index contributed by atoms with van der Waals surface area (Å²) in [5.41, 5.74) is 0.766. The molecule has 0 amide bonds. The second kappa shape index (κ2) is 2.76. The largest absolute Gasteiger partial charge is 0.505 e. The van der Waals surface area contributed by atoms with Crippen LogP contribution in [0.3, 0.4) is 0 Å². The van der Waals surface area contributed by atoms with Crippen molar-refractivity contribution in [3.05, 3.63) is 21.4 Å². The zero-order chi connectivity index (χ0) is 7.72. The van der Waals surface area contributed by atoms with Gasteiger partial charge < -0.3 is 5.11 Å². The van der Waals surface area contributed by atoms with E-state index in [1.165, 1.54) is 6.07 Å². The van der Waals surface area contributed by atoms with E-state index >= 15 is 0 Å². The minimum absolute atomic E-state index is 0.000795. The van der Waals surface area contributed by atoms with Crippen LogP contribution in [-0.2, 0) is 0 Å². The standard InChI is InChI=1S/C6H5BrClNO/c1-3-4(7)2-5(10)6(8)9-3/h2,10H,1H3. The van der Waals surface area contributed by atoms with Crippen LogP contribution < -0.4 is 0 Å². The fourth-order valence-corrected chi connectivity index (χ4v) is 1.03. The van der Waals surface area contributed by atoms with E-state index in [1.807, 2.05) is 0 Å². The van der Waals surface area contributed by atoms with Crippen molar-refractivity contribution in [1.82, 2.24) is 4.98 Å². The summed E-state index contributed by atoms with van der Waals surface area (Å²) >= 11 is 8.70. The van der Waals surface area contributed by atoms with E-state index in [0.29, 0.717) is 0 Å². The minimum Gasteiger partial charge on any atom is -0.505 e. The third kappa shape index (κ3) is 1.41. The normalized spacial score (nSPS) is 9.90. The van der Waals surface area contributed by atoms with Crippen molar-refractivity contribution in [2.45, 2.75) is 6.92 Å². The molecule has 0 aromatic carbocycles. The van der Waals surface area contributed by atoms with Gasteiger partial charge in [-0.2, -0.15) is 0 Å². The summed E-state index contributed by atoms with van der Waals surface area (Å²) in [6, 6.07) is 1.52. The Morgan fingerprint density at radius 1 is 1.70 bits per heavy atom. The summed E-state index contributed by atoms with van der Waals surface area (Å²) in [6.07, 6.45) is 0. The first-order chi connectivity index (χ1) is 4.61. The Morgan fingerprint density at radius 2 is 2.30 bits per heavy atom. The molecular formula is C6H5BrClNO. The number of halogens is 2. The van der Waals surface area contributed by atoms with Crippen LogP contribution in [-0.4, -0.2) is 10.1 Å². The fourth-order valence-electron chi connectivity index (χ4n) is 0.542. The highest BCUT2D eigenvalue weighted by atomic mass is 79.9. The van der Waals surface area contributed by atoms with Crippen LogP contribution in [0.4, 0.5) is 0 Å². The van der Waals surface area contributed by atoms with Crippen LogP contribution in [0, 0.1) is 6.92 Å². The van der Waals surface area contributed by atoms with Crippen molar-refractivity contribution in [2.75, 3.05) is 0 Å². The van der Waals surface area contributed by atoms with Gasteiger partial charge in [0, 0.05) is 4.47 Å². The number of pyridine rings is 1. The third-order valence-electron chi connectivity index (χ3n) is 1.09. The number of aryl methyl sites for hydroxylation is 1. The molecule has 0 aliphatic carbocycles. The molecule has 0 unspecified atom stereocenters. The van der Waals surface area contributed by atoms with Gasteiger partial charge in [0.1, 0.15) is 0 Å². The molecule has 2 nitrogen and oxygen atoms in total. The van der Waals surface area contributed by atoms with Crippen molar-refractivity contribution in [3.63, 3.8) is 0 Å². The molecule has 0 spiro atoms. The summed E-state index contributed by atoms with van der Waals surface area (Å²) in [6.45, 7) is 1.80. The van der Waals surface area contributed by atoms with E-state index in [0.717, 1.165) is 10.2 Å². The van der Waals surface area contributed by atoms with Crippen molar-refractivity contribution < 1.29 is 5.11 Å². The predicted octanol–water partition coefficient (Wildman–Crippen LogP) is 2.51. The first kappa shape index (κ1) is 7.82. The highest BCUT2D eigenvalue weighted by molar-refractivity contribution is 9.10. The van der Waals surface area contributed by atoms with E-state index in [2.05, 4.69) is 20.9 Å².